The van der Waals surface area contributed by atoms with Gasteiger partial charge in [0, 0.05) is 24.5 Å². The topological polar surface area (TPSA) is 86.6 Å². The molecule has 1 aromatic carbocycles. The van der Waals surface area contributed by atoms with Crippen LogP contribution in [0, 0.1) is 0 Å². The molecule has 2 rings (SSSR count). The lowest BCUT2D eigenvalue weighted by Gasteiger charge is -2.09. The van der Waals surface area contributed by atoms with E-state index < -0.39 is 6.04 Å². The lowest BCUT2D eigenvalue weighted by atomic mass is 10.2. The molecule has 1 aromatic rings. The molecule has 1 unspecified atom stereocenters. The predicted octanol–water partition coefficient (Wildman–Crippen LogP) is 3.67. The summed E-state index contributed by atoms with van der Waals surface area (Å²) in [5, 5.41) is 10.9. The lowest BCUT2D eigenvalue weighted by Crippen LogP contribution is -2.22. The van der Waals surface area contributed by atoms with Gasteiger partial charge in [0.15, 0.2) is 6.04 Å². The first kappa shape index (κ1) is 25.3. The molecule has 0 radical (unpaired) electrons. The van der Waals surface area contributed by atoms with Crippen molar-refractivity contribution in [2.45, 2.75) is 39.7 Å². The van der Waals surface area contributed by atoms with Crippen LogP contribution in [0.15, 0.2) is 23.2 Å². The third kappa shape index (κ3) is 9.06. The first-order valence-corrected chi connectivity index (χ1v) is 11.0. The molecule has 1 aliphatic heterocycles. The van der Waals surface area contributed by atoms with Crippen LogP contribution in [0.1, 0.15) is 39.2 Å². The maximum absolute atomic E-state index is 12.0. The normalized spacial score (nSPS) is 15.3. The van der Waals surface area contributed by atoms with Gasteiger partial charge in [-0.3, -0.25) is 4.99 Å². The van der Waals surface area contributed by atoms with Crippen molar-refractivity contribution in [2.75, 3.05) is 45.9 Å². The zero-order valence-corrected chi connectivity index (χ0v) is 18.6. The maximum atomic E-state index is 12.0. The third-order valence-electron chi connectivity index (χ3n) is 3.79. The van der Waals surface area contributed by atoms with Crippen LogP contribution < -0.4 is 4.74 Å². The van der Waals surface area contributed by atoms with E-state index in [1.165, 1.54) is 11.8 Å². The number of carbonyl (C=O) groups is 1. The Labute approximate surface area is 177 Å². The Morgan fingerprint density at radius 3 is 2.66 bits per heavy atom. The summed E-state index contributed by atoms with van der Waals surface area (Å²) in [7, 11) is 1.62. The van der Waals surface area contributed by atoms with Crippen molar-refractivity contribution in [3.63, 3.8) is 0 Å². The fraction of sp³-hybridized carbons (Fsp3) is 0.619. The summed E-state index contributed by atoms with van der Waals surface area (Å²) in [6, 6.07) is 4.54. The number of esters is 1. The van der Waals surface area contributed by atoms with E-state index in [0.717, 1.165) is 12.8 Å². The molecule has 0 fully saturated rings. The highest BCUT2D eigenvalue weighted by Gasteiger charge is 2.28. The zero-order valence-electron chi connectivity index (χ0n) is 17.8. The van der Waals surface area contributed by atoms with Gasteiger partial charge in [-0.1, -0.05) is 27.2 Å². The number of methoxy groups -OCH3 is 1. The molecule has 164 valence electrons. The quantitative estimate of drug-likeness (QED) is 0.402. The minimum Gasteiger partial charge on any atom is -0.507 e. The molecule has 1 atom stereocenters. The number of aliphatic imine (C=N–C) groups is 1. The van der Waals surface area contributed by atoms with E-state index in [1.807, 2.05) is 20.8 Å². The molecule has 0 aromatic heterocycles. The van der Waals surface area contributed by atoms with Crippen molar-refractivity contribution in [1.29, 1.82) is 0 Å². The summed E-state index contributed by atoms with van der Waals surface area (Å²) in [5.74, 6) is 0.834. The van der Waals surface area contributed by atoms with Gasteiger partial charge in [-0.05, 0) is 18.6 Å². The fourth-order valence-corrected chi connectivity index (χ4v) is 3.36. The number of benzene rings is 1. The SMILES string of the molecule is CC.CCCCOC(=O)C1CSC(c2ccc(OCCOCCOC)cc2O)=N1. The summed E-state index contributed by atoms with van der Waals surface area (Å²) < 4.78 is 21.0. The van der Waals surface area contributed by atoms with Gasteiger partial charge in [-0.2, -0.15) is 0 Å². The van der Waals surface area contributed by atoms with Crippen molar-refractivity contribution in [1.82, 2.24) is 0 Å². The number of rotatable bonds is 12. The maximum Gasteiger partial charge on any atom is 0.331 e. The van der Waals surface area contributed by atoms with E-state index in [-0.39, 0.29) is 11.7 Å². The summed E-state index contributed by atoms with van der Waals surface area (Å²) in [6.07, 6.45) is 1.82. The van der Waals surface area contributed by atoms with Crippen LogP contribution in [0.2, 0.25) is 0 Å². The Kier molecular flexibility index (Phi) is 13.2. The van der Waals surface area contributed by atoms with Gasteiger partial charge >= 0.3 is 5.97 Å². The molecular formula is C21H33NO6S. The number of ether oxygens (including phenoxy) is 4. The molecule has 0 bridgehead atoms. The molecule has 29 heavy (non-hydrogen) atoms. The van der Waals surface area contributed by atoms with E-state index >= 15 is 0 Å². The average Bonchev–Trinajstić information content (AvgIpc) is 3.22. The monoisotopic (exact) mass is 427 g/mol. The Morgan fingerprint density at radius 2 is 1.97 bits per heavy atom. The summed E-state index contributed by atoms with van der Waals surface area (Å²) in [4.78, 5) is 16.4. The summed E-state index contributed by atoms with van der Waals surface area (Å²) in [5.41, 5.74) is 0.590. The van der Waals surface area contributed by atoms with Gasteiger partial charge in [0.25, 0.3) is 0 Å². The number of phenols is 1. The van der Waals surface area contributed by atoms with Crippen molar-refractivity contribution in [3.05, 3.63) is 23.8 Å². The van der Waals surface area contributed by atoms with Crippen LogP contribution in [0.25, 0.3) is 0 Å². The Morgan fingerprint density at radius 1 is 1.21 bits per heavy atom. The number of hydrogen-bond donors (Lipinski definition) is 1. The van der Waals surface area contributed by atoms with Gasteiger partial charge in [0.05, 0.1) is 26.4 Å². The van der Waals surface area contributed by atoms with Crippen LogP contribution in [-0.2, 0) is 19.0 Å². The van der Waals surface area contributed by atoms with Crippen LogP contribution >= 0.6 is 11.8 Å². The molecule has 1 aliphatic rings. The van der Waals surface area contributed by atoms with Crippen LogP contribution in [0.3, 0.4) is 0 Å². The zero-order chi connectivity index (χ0) is 21.5. The van der Waals surface area contributed by atoms with E-state index in [0.29, 0.717) is 55.1 Å². The van der Waals surface area contributed by atoms with Gasteiger partial charge in [0.2, 0.25) is 0 Å². The highest BCUT2D eigenvalue weighted by atomic mass is 32.2. The Balaban J connectivity index is 0.00000204. The van der Waals surface area contributed by atoms with Gasteiger partial charge in [-0.25, -0.2) is 4.79 Å². The van der Waals surface area contributed by atoms with E-state index in [9.17, 15) is 9.90 Å². The van der Waals surface area contributed by atoms with E-state index in [1.54, 1.807) is 25.3 Å². The molecule has 0 aliphatic carbocycles. The number of unbranched alkanes of at least 4 members (excludes halogenated alkanes) is 1. The Bertz CT molecular complexity index is 638. The second-order valence-electron chi connectivity index (χ2n) is 5.91. The smallest absolute Gasteiger partial charge is 0.331 e. The van der Waals surface area contributed by atoms with Crippen LogP contribution in [0.4, 0.5) is 0 Å². The number of carbonyl (C=O) groups excluding carboxylic acids is 1. The molecule has 7 nitrogen and oxygen atoms in total. The molecular weight excluding hydrogens is 394 g/mol. The van der Waals surface area contributed by atoms with Crippen molar-refractivity contribution < 1.29 is 28.8 Å². The number of aromatic hydroxyl groups is 1. The number of phenolic OH excluding ortho intramolecular Hbond substituents is 1. The van der Waals surface area contributed by atoms with E-state index in [2.05, 4.69) is 4.99 Å². The van der Waals surface area contributed by atoms with Crippen LogP contribution in [-0.4, -0.2) is 68.1 Å². The van der Waals surface area contributed by atoms with E-state index in [4.69, 9.17) is 18.9 Å². The molecule has 0 saturated carbocycles. The second-order valence-corrected chi connectivity index (χ2v) is 6.92. The average molecular weight is 428 g/mol. The predicted molar refractivity (Wildman–Crippen MR) is 116 cm³/mol. The highest BCUT2D eigenvalue weighted by molar-refractivity contribution is 8.14. The number of hydrogen-bond acceptors (Lipinski definition) is 8. The van der Waals surface area contributed by atoms with Crippen molar-refractivity contribution in [2.24, 2.45) is 4.99 Å². The first-order chi connectivity index (χ1) is 14.2. The van der Waals surface area contributed by atoms with Crippen molar-refractivity contribution >= 4 is 22.8 Å². The van der Waals surface area contributed by atoms with Crippen molar-refractivity contribution in [3.8, 4) is 11.5 Å². The lowest BCUT2D eigenvalue weighted by molar-refractivity contribution is -0.144. The summed E-state index contributed by atoms with van der Waals surface area (Å²) >= 11 is 1.44. The fourth-order valence-electron chi connectivity index (χ4n) is 2.30. The second kappa shape index (κ2) is 15.1. The molecule has 1 heterocycles. The molecule has 1 N–H and O–H groups in total. The van der Waals surface area contributed by atoms with Gasteiger partial charge < -0.3 is 24.1 Å². The molecule has 8 heteroatoms. The largest absolute Gasteiger partial charge is 0.507 e. The molecule has 0 amide bonds. The molecule has 0 saturated heterocycles. The molecule has 0 spiro atoms. The minimum atomic E-state index is -0.513. The Hall–Kier alpha value is -1.77. The van der Waals surface area contributed by atoms with Crippen LogP contribution in [0.5, 0.6) is 11.5 Å². The minimum absolute atomic E-state index is 0.0686. The van der Waals surface area contributed by atoms with Gasteiger partial charge in [-0.15, -0.1) is 11.8 Å². The number of nitrogens with zero attached hydrogens (tertiary/aromatic N) is 1. The summed E-state index contributed by atoms with van der Waals surface area (Å²) in [6.45, 7) is 8.35. The van der Waals surface area contributed by atoms with Gasteiger partial charge in [0.1, 0.15) is 23.1 Å². The highest BCUT2D eigenvalue weighted by Crippen LogP contribution is 2.31. The number of thioether (sulfide) groups is 1. The third-order valence-corrected chi connectivity index (χ3v) is 4.87. The first-order valence-electron chi connectivity index (χ1n) is 10.1. The standard InChI is InChI=1S/C19H27NO6S.C2H6/c1-3-4-7-26-19(22)16-13-27-18(20-16)15-6-5-14(12-17(15)21)25-11-10-24-9-8-23-2;1-2/h5-6,12,16,21H,3-4,7-11,13H2,1-2H3;1-2H3.